The highest BCUT2D eigenvalue weighted by Crippen LogP contribution is 2.38. The van der Waals surface area contributed by atoms with Gasteiger partial charge in [0.2, 0.25) is 0 Å². The van der Waals surface area contributed by atoms with Gasteiger partial charge in [-0.05, 0) is 18.2 Å². The molecule has 0 spiro atoms. The number of aromatic hydroxyl groups is 1. The fourth-order valence-corrected chi connectivity index (χ4v) is 2.47. The third kappa shape index (κ3) is 1.59. The van der Waals surface area contributed by atoms with E-state index in [1.165, 1.54) is 18.4 Å². The highest BCUT2D eigenvalue weighted by atomic mass is 32.1. The predicted molar refractivity (Wildman–Crippen MR) is 61.4 cm³/mol. The Morgan fingerprint density at radius 2 is 2.12 bits per heavy atom. The number of hydrogen-bond donors (Lipinski definition) is 1. The van der Waals surface area contributed by atoms with Gasteiger partial charge >= 0.3 is 5.97 Å². The van der Waals surface area contributed by atoms with Crippen LogP contribution in [0.3, 0.4) is 0 Å². The van der Waals surface area contributed by atoms with Gasteiger partial charge < -0.3 is 14.6 Å². The van der Waals surface area contributed by atoms with E-state index in [2.05, 4.69) is 4.74 Å². The van der Waals surface area contributed by atoms with Crippen LogP contribution in [-0.2, 0) is 4.74 Å². The maximum absolute atomic E-state index is 11.4. The summed E-state index contributed by atoms with van der Waals surface area (Å²) in [5.74, 6) is 0.345. The number of benzene rings is 1. The Morgan fingerprint density at radius 1 is 1.38 bits per heavy atom. The molecule has 84 valence electrons. The molecule has 4 nitrogen and oxygen atoms in total. The Bertz CT molecular complexity index is 544. The molecule has 0 saturated carbocycles. The highest BCUT2D eigenvalue weighted by molar-refractivity contribution is 7.21. The van der Waals surface area contributed by atoms with E-state index < -0.39 is 5.97 Å². The van der Waals surface area contributed by atoms with Crippen molar-refractivity contribution in [3.8, 4) is 11.5 Å². The van der Waals surface area contributed by atoms with Gasteiger partial charge in [0.15, 0.2) is 0 Å². The number of ether oxygens (including phenoxy) is 2. The van der Waals surface area contributed by atoms with Crippen LogP contribution < -0.4 is 4.74 Å². The van der Waals surface area contributed by atoms with Crippen molar-refractivity contribution in [3.63, 3.8) is 0 Å². The second-order valence-electron chi connectivity index (χ2n) is 3.13. The van der Waals surface area contributed by atoms with E-state index in [1.54, 1.807) is 25.3 Å². The second kappa shape index (κ2) is 4.02. The molecule has 1 heterocycles. The van der Waals surface area contributed by atoms with E-state index >= 15 is 0 Å². The van der Waals surface area contributed by atoms with Crippen LogP contribution >= 0.6 is 11.3 Å². The van der Waals surface area contributed by atoms with Crippen molar-refractivity contribution in [1.29, 1.82) is 0 Å². The molecule has 0 unspecified atom stereocenters. The number of thiophene rings is 1. The number of rotatable bonds is 2. The van der Waals surface area contributed by atoms with Gasteiger partial charge in [0, 0.05) is 5.39 Å². The van der Waals surface area contributed by atoms with Gasteiger partial charge in [-0.2, -0.15) is 0 Å². The molecule has 0 aliphatic heterocycles. The largest absolute Gasteiger partial charge is 0.506 e. The zero-order valence-electron chi connectivity index (χ0n) is 8.81. The molecule has 0 aliphatic carbocycles. The summed E-state index contributed by atoms with van der Waals surface area (Å²) in [6, 6.07) is 4.86. The van der Waals surface area contributed by atoms with Gasteiger partial charge in [-0.1, -0.05) is 0 Å². The molecule has 16 heavy (non-hydrogen) atoms. The quantitative estimate of drug-likeness (QED) is 0.816. The van der Waals surface area contributed by atoms with Crippen LogP contribution in [-0.4, -0.2) is 25.3 Å². The smallest absolute Gasteiger partial charge is 0.348 e. The van der Waals surface area contributed by atoms with E-state index in [-0.39, 0.29) is 5.75 Å². The van der Waals surface area contributed by atoms with Gasteiger partial charge in [0.05, 0.1) is 18.9 Å². The van der Waals surface area contributed by atoms with Crippen LogP contribution in [0, 0.1) is 0 Å². The first-order chi connectivity index (χ1) is 7.67. The number of phenols is 1. The van der Waals surface area contributed by atoms with Crippen LogP contribution in [0.2, 0.25) is 0 Å². The average molecular weight is 238 g/mol. The van der Waals surface area contributed by atoms with Crippen LogP contribution in [0.1, 0.15) is 9.67 Å². The number of carbonyl (C=O) groups is 1. The number of methoxy groups -OCH3 is 2. The highest BCUT2D eigenvalue weighted by Gasteiger charge is 2.15. The van der Waals surface area contributed by atoms with Gasteiger partial charge in [0.25, 0.3) is 0 Å². The first kappa shape index (κ1) is 10.8. The van der Waals surface area contributed by atoms with Crippen molar-refractivity contribution in [2.75, 3.05) is 14.2 Å². The fourth-order valence-electron chi connectivity index (χ4n) is 1.46. The molecule has 1 aromatic carbocycles. The van der Waals surface area contributed by atoms with E-state index in [0.717, 1.165) is 0 Å². The summed E-state index contributed by atoms with van der Waals surface area (Å²) in [5, 5.41) is 10.4. The summed E-state index contributed by atoms with van der Waals surface area (Å²) in [6.07, 6.45) is 0. The maximum atomic E-state index is 11.4. The Balaban J connectivity index is 2.68. The minimum atomic E-state index is -0.414. The molecule has 2 rings (SSSR count). The lowest BCUT2D eigenvalue weighted by atomic mass is 10.2. The predicted octanol–water partition coefficient (Wildman–Crippen LogP) is 2.40. The monoisotopic (exact) mass is 238 g/mol. The molecule has 5 heteroatoms. The molecule has 1 N–H and O–H groups in total. The number of phenolic OH excluding ortho intramolecular Hbond substituents is 1. The van der Waals surface area contributed by atoms with Crippen molar-refractivity contribution >= 4 is 27.4 Å². The summed E-state index contributed by atoms with van der Waals surface area (Å²) in [7, 11) is 2.87. The van der Waals surface area contributed by atoms with Crippen molar-refractivity contribution in [2.24, 2.45) is 0 Å². The summed E-state index contributed by atoms with van der Waals surface area (Å²) >= 11 is 1.18. The lowest BCUT2D eigenvalue weighted by Gasteiger charge is -2.01. The van der Waals surface area contributed by atoms with E-state index in [0.29, 0.717) is 20.7 Å². The Kier molecular flexibility index (Phi) is 2.70. The lowest BCUT2D eigenvalue weighted by Crippen LogP contribution is -1.96. The first-order valence-electron chi connectivity index (χ1n) is 4.55. The first-order valence-corrected chi connectivity index (χ1v) is 5.37. The molecule has 0 amide bonds. The van der Waals surface area contributed by atoms with Crippen molar-refractivity contribution in [2.45, 2.75) is 0 Å². The molecule has 0 saturated heterocycles. The zero-order chi connectivity index (χ0) is 11.7. The maximum Gasteiger partial charge on any atom is 0.348 e. The Morgan fingerprint density at radius 3 is 2.75 bits per heavy atom. The molecule has 0 bridgehead atoms. The van der Waals surface area contributed by atoms with Gasteiger partial charge in [-0.25, -0.2) is 4.79 Å². The molecular formula is C11H10O4S. The normalized spacial score (nSPS) is 10.4. The second-order valence-corrected chi connectivity index (χ2v) is 4.18. The van der Waals surface area contributed by atoms with Crippen LogP contribution in [0.25, 0.3) is 10.1 Å². The zero-order valence-corrected chi connectivity index (χ0v) is 9.63. The van der Waals surface area contributed by atoms with Crippen LogP contribution in [0.4, 0.5) is 0 Å². The van der Waals surface area contributed by atoms with Gasteiger partial charge in [-0.3, -0.25) is 0 Å². The lowest BCUT2D eigenvalue weighted by molar-refractivity contribution is 0.0606. The standard InChI is InChI=1S/C11H10O4S/c1-14-8-4-3-7(12)10-6(8)5-9(16-10)11(13)15-2/h3-5,12H,1-2H3. The van der Waals surface area contributed by atoms with E-state index in [1.807, 2.05) is 0 Å². The molecule has 0 aliphatic rings. The Hall–Kier alpha value is -1.75. The van der Waals surface area contributed by atoms with Gasteiger partial charge in [-0.15, -0.1) is 11.3 Å². The minimum absolute atomic E-state index is 0.135. The topological polar surface area (TPSA) is 55.8 Å². The number of carbonyl (C=O) groups excluding carboxylic acids is 1. The molecule has 0 radical (unpaired) electrons. The van der Waals surface area contributed by atoms with E-state index in [4.69, 9.17) is 4.74 Å². The fraction of sp³-hybridized carbons (Fsp3) is 0.182. The SMILES string of the molecule is COC(=O)c1cc2c(OC)ccc(O)c2s1. The summed E-state index contributed by atoms with van der Waals surface area (Å²) in [6.45, 7) is 0. The number of fused-ring (bicyclic) bond motifs is 1. The molecule has 2 aromatic rings. The summed E-state index contributed by atoms with van der Waals surface area (Å²) in [5.41, 5.74) is 0. The minimum Gasteiger partial charge on any atom is -0.506 e. The van der Waals surface area contributed by atoms with Crippen molar-refractivity contribution in [1.82, 2.24) is 0 Å². The number of hydrogen-bond acceptors (Lipinski definition) is 5. The average Bonchev–Trinajstić information content (AvgIpc) is 2.74. The third-order valence-electron chi connectivity index (χ3n) is 2.23. The van der Waals surface area contributed by atoms with Crippen LogP contribution in [0.15, 0.2) is 18.2 Å². The molecular weight excluding hydrogens is 228 g/mol. The Labute approximate surface area is 96.0 Å². The molecule has 0 atom stereocenters. The third-order valence-corrected chi connectivity index (χ3v) is 3.37. The van der Waals surface area contributed by atoms with Crippen molar-refractivity contribution in [3.05, 3.63) is 23.1 Å². The van der Waals surface area contributed by atoms with Crippen LogP contribution in [0.5, 0.6) is 11.5 Å². The summed E-state index contributed by atoms with van der Waals surface area (Å²) in [4.78, 5) is 11.8. The molecule has 1 aromatic heterocycles. The van der Waals surface area contributed by atoms with Gasteiger partial charge in [0.1, 0.15) is 16.4 Å². The van der Waals surface area contributed by atoms with E-state index in [9.17, 15) is 9.90 Å². The summed E-state index contributed by atoms with van der Waals surface area (Å²) < 4.78 is 10.4. The molecule has 0 fully saturated rings. The van der Waals surface area contributed by atoms with Crippen molar-refractivity contribution < 1.29 is 19.4 Å². The number of esters is 1.